The molecule has 2 N–H and O–H groups in total. The van der Waals surface area contributed by atoms with Gasteiger partial charge in [0.05, 0.1) is 12.6 Å². The van der Waals surface area contributed by atoms with Crippen LogP contribution in [0.5, 0.6) is 0 Å². The Kier molecular flexibility index (Phi) is 4.03. The smallest absolute Gasteiger partial charge is 0.410 e. The Balaban J connectivity index is 1.91. The summed E-state index contributed by atoms with van der Waals surface area (Å²) in [6.07, 6.45) is -0.709. The molecular formula is C13H24N2O4. The molecular weight excluding hydrogens is 248 g/mol. The number of likely N-dealkylation sites (tertiary alicyclic amines) is 2. The van der Waals surface area contributed by atoms with Crippen molar-refractivity contribution in [2.24, 2.45) is 5.92 Å². The van der Waals surface area contributed by atoms with E-state index in [1.807, 2.05) is 25.7 Å². The van der Waals surface area contributed by atoms with E-state index < -0.39 is 24.0 Å². The van der Waals surface area contributed by atoms with Crippen LogP contribution in [-0.2, 0) is 4.74 Å². The van der Waals surface area contributed by atoms with E-state index in [4.69, 9.17) is 4.74 Å². The van der Waals surface area contributed by atoms with Gasteiger partial charge in [-0.1, -0.05) is 0 Å². The third-order valence-corrected chi connectivity index (χ3v) is 3.63. The predicted octanol–water partition coefficient (Wildman–Crippen LogP) is 0.238. The lowest BCUT2D eigenvalue weighted by Gasteiger charge is -2.38. The fourth-order valence-electron chi connectivity index (χ4n) is 2.46. The second-order valence-electron chi connectivity index (χ2n) is 6.42. The molecule has 0 saturated carbocycles. The van der Waals surface area contributed by atoms with Crippen LogP contribution in [0.25, 0.3) is 0 Å². The summed E-state index contributed by atoms with van der Waals surface area (Å²) >= 11 is 0. The molecule has 6 nitrogen and oxygen atoms in total. The summed E-state index contributed by atoms with van der Waals surface area (Å²) in [5.41, 5.74) is -0.545. The third-order valence-electron chi connectivity index (χ3n) is 3.63. The highest BCUT2D eigenvalue weighted by atomic mass is 16.6. The van der Waals surface area contributed by atoms with E-state index in [1.165, 1.54) is 4.90 Å². The highest BCUT2D eigenvalue weighted by Gasteiger charge is 2.42. The molecule has 3 atom stereocenters. The molecule has 1 amide bonds. The zero-order valence-corrected chi connectivity index (χ0v) is 11.9. The molecule has 0 radical (unpaired) electrons. The van der Waals surface area contributed by atoms with Crippen molar-refractivity contribution in [3.8, 4) is 0 Å². The summed E-state index contributed by atoms with van der Waals surface area (Å²) in [6.45, 7) is 7.71. The largest absolute Gasteiger partial charge is 0.444 e. The summed E-state index contributed by atoms with van der Waals surface area (Å²) < 4.78 is 5.28. The average molecular weight is 272 g/mol. The molecule has 0 aromatic rings. The van der Waals surface area contributed by atoms with Crippen LogP contribution in [-0.4, -0.2) is 70.2 Å². The van der Waals surface area contributed by atoms with Gasteiger partial charge in [0.25, 0.3) is 0 Å². The summed E-state index contributed by atoms with van der Waals surface area (Å²) in [5.74, 6) is -0.312. The van der Waals surface area contributed by atoms with Crippen molar-refractivity contribution in [2.45, 2.75) is 45.1 Å². The molecule has 6 heteroatoms. The van der Waals surface area contributed by atoms with Crippen molar-refractivity contribution in [1.29, 1.82) is 0 Å². The Morgan fingerprint density at radius 1 is 1.32 bits per heavy atom. The number of hydrogen-bond acceptors (Lipinski definition) is 5. The summed E-state index contributed by atoms with van der Waals surface area (Å²) in [4.78, 5) is 15.3. The maximum atomic E-state index is 11.9. The topological polar surface area (TPSA) is 73.2 Å². The number of carbonyl (C=O) groups excluding carboxylic acids is 1. The van der Waals surface area contributed by atoms with E-state index in [2.05, 4.69) is 0 Å². The first-order chi connectivity index (χ1) is 8.78. The van der Waals surface area contributed by atoms with Crippen LogP contribution in [0.15, 0.2) is 0 Å². The van der Waals surface area contributed by atoms with Crippen molar-refractivity contribution >= 4 is 6.09 Å². The number of rotatable bonds is 2. The lowest BCUT2D eigenvalue weighted by molar-refractivity contribution is -0.0906. The van der Waals surface area contributed by atoms with E-state index in [0.717, 1.165) is 19.5 Å². The molecule has 2 fully saturated rings. The van der Waals surface area contributed by atoms with Crippen LogP contribution in [0.3, 0.4) is 0 Å². The van der Waals surface area contributed by atoms with E-state index in [-0.39, 0.29) is 12.5 Å². The molecule has 2 rings (SSSR count). The maximum absolute atomic E-state index is 11.9. The number of nitrogens with zero attached hydrogens (tertiary/aromatic N) is 2. The summed E-state index contributed by atoms with van der Waals surface area (Å²) in [6, 6.07) is 0. The van der Waals surface area contributed by atoms with Crippen LogP contribution in [0.4, 0.5) is 4.79 Å². The van der Waals surface area contributed by atoms with Gasteiger partial charge in [-0.2, -0.15) is 0 Å². The van der Waals surface area contributed by atoms with Gasteiger partial charge in [0.2, 0.25) is 0 Å². The number of carbonyl (C=O) groups is 1. The Hall–Kier alpha value is -0.850. The van der Waals surface area contributed by atoms with E-state index >= 15 is 0 Å². The fourth-order valence-corrected chi connectivity index (χ4v) is 2.46. The second-order valence-corrected chi connectivity index (χ2v) is 6.42. The zero-order valence-electron chi connectivity index (χ0n) is 11.9. The standard InChI is InChI=1S/C13H24N2O4/c1-13(2,3)19-12(18)15-7-9(10(16)8-15)11(17)14-5-4-6-14/h9-11,16-17H,4-8H2,1-3H3/t9-,10-,11?/m0/s1. The molecule has 2 aliphatic rings. The monoisotopic (exact) mass is 272 g/mol. The highest BCUT2D eigenvalue weighted by Crippen LogP contribution is 2.26. The molecule has 0 aromatic carbocycles. The van der Waals surface area contributed by atoms with Gasteiger partial charge < -0.3 is 19.8 Å². The minimum absolute atomic E-state index is 0.227. The van der Waals surface area contributed by atoms with Crippen molar-refractivity contribution in [1.82, 2.24) is 9.80 Å². The van der Waals surface area contributed by atoms with Crippen LogP contribution in [0, 0.1) is 5.92 Å². The number of aliphatic hydroxyl groups is 2. The molecule has 0 aromatic heterocycles. The zero-order chi connectivity index (χ0) is 14.2. The average Bonchev–Trinajstić information content (AvgIpc) is 2.54. The molecule has 0 spiro atoms. The second kappa shape index (κ2) is 5.26. The Morgan fingerprint density at radius 3 is 2.42 bits per heavy atom. The van der Waals surface area contributed by atoms with Crippen LogP contribution in [0.1, 0.15) is 27.2 Å². The number of hydrogen-bond donors (Lipinski definition) is 2. The van der Waals surface area contributed by atoms with Crippen LogP contribution in [0.2, 0.25) is 0 Å². The quantitative estimate of drug-likeness (QED) is 0.753. The van der Waals surface area contributed by atoms with Gasteiger partial charge in [0, 0.05) is 25.6 Å². The number of ether oxygens (including phenoxy) is 1. The highest BCUT2D eigenvalue weighted by molar-refractivity contribution is 5.68. The molecule has 2 saturated heterocycles. The third kappa shape index (κ3) is 3.38. The van der Waals surface area contributed by atoms with Crippen molar-refractivity contribution in [2.75, 3.05) is 26.2 Å². The minimum Gasteiger partial charge on any atom is -0.444 e. The molecule has 110 valence electrons. The first-order valence-corrected chi connectivity index (χ1v) is 6.86. The summed E-state index contributed by atoms with van der Waals surface area (Å²) in [7, 11) is 0. The lowest BCUT2D eigenvalue weighted by Crippen LogP contribution is -2.51. The molecule has 2 heterocycles. The predicted molar refractivity (Wildman–Crippen MR) is 69.5 cm³/mol. The van der Waals surface area contributed by atoms with E-state index in [1.54, 1.807) is 0 Å². The van der Waals surface area contributed by atoms with Crippen molar-refractivity contribution < 1.29 is 19.7 Å². The van der Waals surface area contributed by atoms with Gasteiger partial charge in [0.1, 0.15) is 11.8 Å². The molecule has 0 bridgehead atoms. The molecule has 19 heavy (non-hydrogen) atoms. The maximum Gasteiger partial charge on any atom is 0.410 e. The fraction of sp³-hybridized carbons (Fsp3) is 0.923. The van der Waals surface area contributed by atoms with Gasteiger partial charge in [0.15, 0.2) is 0 Å². The Morgan fingerprint density at radius 2 is 1.95 bits per heavy atom. The van der Waals surface area contributed by atoms with Crippen molar-refractivity contribution in [3.63, 3.8) is 0 Å². The van der Waals surface area contributed by atoms with Crippen molar-refractivity contribution in [3.05, 3.63) is 0 Å². The van der Waals surface area contributed by atoms with Gasteiger partial charge in [-0.05, 0) is 27.2 Å². The first-order valence-electron chi connectivity index (χ1n) is 6.86. The van der Waals surface area contributed by atoms with E-state index in [9.17, 15) is 15.0 Å². The number of amides is 1. The van der Waals surface area contributed by atoms with Gasteiger partial charge in [-0.15, -0.1) is 0 Å². The number of aliphatic hydroxyl groups excluding tert-OH is 2. The SMILES string of the molecule is CC(C)(C)OC(=O)N1C[C@H](C(O)N2CCC2)[C@@H](O)C1. The first kappa shape index (κ1) is 14.6. The van der Waals surface area contributed by atoms with Crippen LogP contribution < -0.4 is 0 Å². The summed E-state index contributed by atoms with van der Waals surface area (Å²) in [5, 5.41) is 20.2. The van der Waals surface area contributed by atoms with E-state index in [0.29, 0.717) is 6.54 Å². The minimum atomic E-state index is -0.692. The van der Waals surface area contributed by atoms with Gasteiger partial charge in [-0.3, -0.25) is 4.90 Å². The van der Waals surface area contributed by atoms with Gasteiger partial charge in [-0.25, -0.2) is 4.79 Å². The van der Waals surface area contributed by atoms with Crippen LogP contribution >= 0.6 is 0 Å². The number of β-amino-alcohol motifs (C(OH)–C–C–N with tert-alkyl or cyclic N) is 1. The molecule has 0 aliphatic carbocycles. The Bertz CT molecular complexity index is 338. The molecule has 1 unspecified atom stereocenters. The lowest BCUT2D eigenvalue weighted by atomic mass is 10.0. The van der Waals surface area contributed by atoms with Gasteiger partial charge >= 0.3 is 6.09 Å². The normalized spacial score (nSPS) is 30.1. The Labute approximate surface area is 113 Å². The molecule has 2 aliphatic heterocycles.